The zero-order valence-corrected chi connectivity index (χ0v) is 6.26. The lowest BCUT2D eigenvalue weighted by Crippen LogP contribution is -2.10. The monoisotopic (exact) mass is 144 g/mol. The lowest BCUT2D eigenvalue weighted by atomic mass is 10.0. The number of rotatable bonds is 3. The van der Waals surface area contributed by atoms with E-state index in [4.69, 9.17) is 5.26 Å². The van der Waals surface area contributed by atoms with Gasteiger partial charge in [0.05, 0.1) is 0 Å². The van der Waals surface area contributed by atoms with Crippen LogP contribution in [-0.2, 0) is 9.68 Å². The molecule has 0 radical (unpaired) electrons. The van der Waals surface area contributed by atoms with Crippen molar-refractivity contribution in [3.63, 3.8) is 0 Å². The summed E-state index contributed by atoms with van der Waals surface area (Å²) in [6.07, 6.45) is 0.813. The Morgan fingerprint density at radius 1 is 1.80 bits per heavy atom. The highest BCUT2D eigenvalue weighted by Crippen LogP contribution is 2.12. The largest absolute Gasteiger partial charge is 0.368 e. The van der Waals surface area contributed by atoms with Crippen LogP contribution in [0.1, 0.15) is 20.3 Å². The molecule has 0 heterocycles. The zero-order chi connectivity index (χ0) is 8.15. The standard InChI is InChI=1S/C7H12O3/c1-4-5(2)6(3)7(8)10-9/h5,9H,3-4H2,1-2H3. The fraction of sp³-hybridized carbons (Fsp3) is 0.571. The van der Waals surface area contributed by atoms with E-state index in [9.17, 15) is 4.79 Å². The van der Waals surface area contributed by atoms with Crippen molar-refractivity contribution in [3.8, 4) is 0 Å². The molecule has 0 fully saturated rings. The van der Waals surface area contributed by atoms with Crippen LogP contribution in [0.15, 0.2) is 12.2 Å². The van der Waals surface area contributed by atoms with Crippen LogP contribution in [0.2, 0.25) is 0 Å². The van der Waals surface area contributed by atoms with E-state index in [-0.39, 0.29) is 5.92 Å². The van der Waals surface area contributed by atoms with Crippen molar-refractivity contribution in [3.05, 3.63) is 12.2 Å². The molecule has 1 N–H and O–H groups in total. The van der Waals surface area contributed by atoms with Gasteiger partial charge in [0.1, 0.15) is 0 Å². The van der Waals surface area contributed by atoms with Crippen molar-refractivity contribution in [1.82, 2.24) is 0 Å². The first-order chi connectivity index (χ1) is 4.63. The zero-order valence-electron chi connectivity index (χ0n) is 6.26. The lowest BCUT2D eigenvalue weighted by molar-refractivity contribution is -0.229. The second-order valence-corrected chi connectivity index (χ2v) is 2.21. The molecule has 0 aromatic carbocycles. The van der Waals surface area contributed by atoms with E-state index in [1.54, 1.807) is 0 Å². The third kappa shape index (κ3) is 2.19. The van der Waals surface area contributed by atoms with Crippen LogP contribution in [0.4, 0.5) is 0 Å². The highest BCUT2D eigenvalue weighted by molar-refractivity contribution is 5.87. The average molecular weight is 144 g/mol. The van der Waals surface area contributed by atoms with Gasteiger partial charge in [-0.3, -0.25) is 4.89 Å². The Kier molecular flexibility index (Phi) is 3.72. The van der Waals surface area contributed by atoms with Crippen molar-refractivity contribution in [2.45, 2.75) is 20.3 Å². The van der Waals surface area contributed by atoms with Crippen LogP contribution in [0.25, 0.3) is 0 Å². The molecular formula is C7H12O3. The fourth-order valence-corrected chi connectivity index (χ4v) is 0.506. The van der Waals surface area contributed by atoms with E-state index in [2.05, 4.69) is 11.5 Å². The molecule has 10 heavy (non-hydrogen) atoms. The molecule has 0 bridgehead atoms. The molecule has 0 spiro atoms. The van der Waals surface area contributed by atoms with Crippen LogP contribution in [0.3, 0.4) is 0 Å². The van der Waals surface area contributed by atoms with E-state index in [1.165, 1.54) is 0 Å². The maximum Gasteiger partial charge on any atom is 0.368 e. The van der Waals surface area contributed by atoms with Crippen molar-refractivity contribution in [1.29, 1.82) is 0 Å². The molecule has 0 saturated heterocycles. The maximum atomic E-state index is 10.5. The van der Waals surface area contributed by atoms with Gasteiger partial charge in [-0.1, -0.05) is 20.4 Å². The third-order valence-electron chi connectivity index (χ3n) is 1.55. The first kappa shape index (κ1) is 9.17. The first-order valence-corrected chi connectivity index (χ1v) is 3.18. The second-order valence-electron chi connectivity index (χ2n) is 2.21. The molecule has 3 nitrogen and oxygen atoms in total. The van der Waals surface area contributed by atoms with E-state index >= 15 is 0 Å². The van der Waals surface area contributed by atoms with Crippen LogP contribution in [0.5, 0.6) is 0 Å². The molecule has 0 aliphatic heterocycles. The predicted octanol–water partition coefficient (Wildman–Crippen LogP) is 1.60. The summed E-state index contributed by atoms with van der Waals surface area (Å²) in [6.45, 7) is 7.24. The van der Waals surface area contributed by atoms with Gasteiger partial charge < -0.3 is 0 Å². The Hall–Kier alpha value is -0.830. The summed E-state index contributed by atoms with van der Waals surface area (Å²) < 4.78 is 0. The quantitative estimate of drug-likeness (QED) is 0.372. The Morgan fingerprint density at radius 2 is 2.30 bits per heavy atom. The first-order valence-electron chi connectivity index (χ1n) is 3.18. The Balaban J connectivity index is 3.95. The highest BCUT2D eigenvalue weighted by Gasteiger charge is 2.13. The fourth-order valence-electron chi connectivity index (χ4n) is 0.506. The average Bonchev–Trinajstić information content (AvgIpc) is 2.00. The molecular weight excluding hydrogens is 132 g/mol. The Bertz CT molecular complexity index is 140. The maximum absolute atomic E-state index is 10.5. The van der Waals surface area contributed by atoms with Gasteiger partial charge in [-0.05, 0) is 12.3 Å². The summed E-state index contributed by atoms with van der Waals surface area (Å²) in [5.74, 6) is -0.672. The van der Waals surface area contributed by atoms with Gasteiger partial charge >= 0.3 is 5.97 Å². The van der Waals surface area contributed by atoms with Gasteiger partial charge in [0.15, 0.2) is 0 Å². The molecule has 0 amide bonds. The number of carbonyl (C=O) groups excluding carboxylic acids is 1. The molecule has 0 aromatic heterocycles. The molecule has 1 unspecified atom stereocenters. The minimum atomic E-state index is -0.741. The van der Waals surface area contributed by atoms with Crippen LogP contribution in [0, 0.1) is 5.92 Å². The predicted molar refractivity (Wildman–Crippen MR) is 37.3 cm³/mol. The van der Waals surface area contributed by atoms with Gasteiger partial charge in [0.25, 0.3) is 0 Å². The molecule has 0 rings (SSSR count). The summed E-state index contributed by atoms with van der Waals surface area (Å²) in [5, 5.41) is 7.94. The topological polar surface area (TPSA) is 46.5 Å². The summed E-state index contributed by atoms with van der Waals surface area (Å²) in [7, 11) is 0. The van der Waals surface area contributed by atoms with E-state index < -0.39 is 5.97 Å². The van der Waals surface area contributed by atoms with Gasteiger partial charge in [0, 0.05) is 5.57 Å². The number of hydrogen-bond acceptors (Lipinski definition) is 3. The Labute approximate surface area is 60.2 Å². The van der Waals surface area contributed by atoms with Crippen molar-refractivity contribution < 1.29 is 14.9 Å². The van der Waals surface area contributed by atoms with Crippen molar-refractivity contribution >= 4 is 5.97 Å². The molecule has 58 valence electrons. The van der Waals surface area contributed by atoms with E-state index in [1.807, 2.05) is 13.8 Å². The highest BCUT2D eigenvalue weighted by atomic mass is 17.1. The molecule has 0 aliphatic carbocycles. The Morgan fingerprint density at radius 3 is 2.60 bits per heavy atom. The molecule has 0 saturated carbocycles. The molecule has 3 heteroatoms. The molecule has 1 atom stereocenters. The second kappa shape index (κ2) is 4.06. The van der Waals surface area contributed by atoms with Crippen LogP contribution < -0.4 is 0 Å². The lowest BCUT2D eigenvalue weighted by Gasteiger charge is -2.07. The summed E-state index contributed by atoms with van der Waals surface area (Å²) in [4.78, 5) is 14.0. The van der Waals surface area contributed by atoms with Gasteiger partial charge in [-0.25, -0.2) is 4.79 Å². The van der Waals surface area contributed by atoms with Gasteiger partial charge in [0.2, 0.25) is 0 Å². The van der Waals surface area contributed by atoms with Gasteiger partial charge in [-0.2, -0.15) is 5.26 Å². The van der Waals surface area contributed by atoms with E-state index in [0.29, 0.717) is 5.57 Å². The molecule has 0 aliphatic rings. The molecule has 0 aromatic rings. The minimum absolute atomic E-state index is 0.0691. The van der Waals surface area contributed by atoms with Crippen LogP contribution in [-0.4, -0.2) is 11.2 Å². The summed E-state index contributed by atoms with van der Waals surface area (Å²) in [6, 6.07) is 0. The minimum Gasteiger partial charge on any atom is -0.296 e. The summed E-state index contributed by atoms with van der Waals surface area (Å²) >= 11 is 0. The van der Waals surface area contributed by atoms with Crippen molar-refractivity contribution in [2.75, 3.05) is 0 Å². The third-order valence-corrected chi connectivity index (χ3v) is 1.55. The normalized spacial score (nSPS) is 12.3. The SMILES string of the molecule is C=C(C(=O)OO)C(C)CC. The van der Waals surface area contributed by atoms with Crippen LogP contribution >= 0.6 is 0 Å². The smallest absolute Gasteiger partial charge is 0.296 e. The van der Waals surface area contributed by atoms with Gasteiger partial charge in [-0.15, -0.1) is 0 Å². The summed E-state index contributed by atoms with van der Waals surface area (Å²) in [5.41, 5.74) is 0.310. The number of carbonyl (C=O) groups is 1. The van der Waals surface area contributed by atoms with E-state index in [0.717, 1.165) is 6.42 Å². The van der Waals surface area contributed by atoms with Crippen molar-refractivity contribution in [2.24, 2.45) is 5.92 Å². The number of hydrogen-bond donors (Lipinski definition) is 1.